The summed E-state index contributed by atoms with van der Waals surface area (Å²) in [5, 5.41) is 8.86. The van der Waals surface area contributed by atoms with Gasteiger partial charge in [-0.05, 0) is 19.8 Å². The van der Waals surface area contributed by atoms with Crippen molar-refractivity contribution in [1.29, 1.82) is 0 Å². The molecule has 1 saturated heterocycles. The Morgan fingerprint density at radius 2 is 2.55 bits per heavy atom. The smallest absolute Gasteiger partial charge is 0.0809 e. The molecule has 3 nitrogen and oxygen atoms in total. The van der Waals surface area contributed by atoms with Crippen molar-refractivity contribution in [1.82, 2.24) is 0 Å². The van der Waals surface area contributed by atoms with Crippen LogP contribution in [0.25, 0.3) is 0 Å². The first-order valence-electron chi connectivity index (χ1n) is 4.16. The summed E-state index contributed by atoms with van der Waals surface area (Å²) < 4.78 is 10.5. The van der Waals surface area contributed by atoms with Gasteiger partial charge in [-0.15, -0.1) is 0 Å². The number of hydrogen-bond donors (Lipinski definition) is 1. The lowest BCUT2D eigenvalue weighted by atomic mass is 10.2. The molecule has 1 N–H and O–H groups in total. The third-order valence-corrected chi connectivity index (χ3v) is 1.69. The summed E-state index contributed by atoms with van der Waals surface area (Å²) >= 11 is 0. The van der Waals surface area contributed by atoms with Crippen molar-refractivity contribution in [2.45, 2.75) is 32.0 Å². The van der Waals surface area contributed by atoms with Gasteiger partial charge in [0.05, 0.1) is 25.4 Å². The van der Waals surface area contributed by atoms with Crippen molar-refractivity contribution in [2.75, 3.05) is 19.8 Å². The molecule has 0 spiro atoms. The summed E-state index contributed by atoms with van der Waals surface area (Å²) in [4.78, 5) is 0. The standard InChI is InChI=1S/C8H16O3/c1-7(9)5-10-6-8-3-2-4-11-8/h7-9H,2-6H2,1H3/t7-,8+/m1/s1. The number of aliphatic hydroxyl groups excluding tert-OH is 1. The average molecular weight is 160 g/mol. The van der Waals surface area contributed by atoms with Crippen molar-refractivity contribution >= 4 is 0 Å². The zero-order valence-corrected chi connectivity index (χ0v) is 6.95. The maximum atomic E-state index is 8.86. The second-order valence-electron chi connectivity index (χ2n) is 3.02. The molecular formula is C8H16O3. The summed E-state index contributed by atoms with van der Waals surface area (Å²) in [7, 11) is 0. The van der Waals surface area contributed by atoms with Crippen LogP contribution < -0.4 is 0 Å². The molecule has 0 aromatic rings. The Morgan fingerprint density at radius 3 is 3.09 bits per heavy atom. The van der Waals surface area contributed by atoms with Gasteiger partial charge >= 0.3 is 0 Å². The van der Waals surface area contributed by atoms with E-state index in [4.69, 9.17) is 14.6 Å². The van der Waals surface area contributed by atoms with E-state index in [0.29, 0.717) is 13.2 Å². The largest absolute Gasteiger partial charge is 0.391 e. The molecule has 0 aromatic heterocycles. The predicted molar refractivity (Wildman–Crippen MR) is 41.5 cm³/mol. The first kappa shape index (κ1) is 8.97. The maximum absolute atomic E-state index is 8.86. The SMILES string of the molecule is C[C@@H](O)COC[C@@H]1CCCO1. The van der Waals surface area contributed by atoms with Crippen LogP contribution in [0, 0.1) is 0 Å². The van der Waals surface area contributed by atoms with E-state index in [1.807, 2.05) is 0 Å². The number of hydrogen-bond acceptors (Lipinski definition) is 3. The topological polar surface area (TPSA) is 38.7 Å². The van der Waals surface area contributed by atoms with E-state index < -0.39 is 0 Å². The van der Waals surface area contributed by atoms with Crippen LogP contribution >= 0.6 is 0 Å². The van der Waals surface area contributed by atoms with E-state index in [2.05, 4.69) is 0 Å². The van der Waals surface area contributed by atoms with Gasteiger partial charge in [-0.1, -0.05) is 0 Å². The van der Waals surface area contributed by atoms with Crippen LogP contribution in [0.3, 0.4) is 0 Å². The third kappa shape index (κ3) is 3.70. The summed E-state index contributed by atoms with van der Waals surface area (Å²) in [6.07, 6.45) is 2.15. The molecule has 1 aliphatic heterocycles. The van der Waals surface area contributed by atoms with Crippen LogP contribution in [0.4, 0.5) is 0 Å². The Labute approximate surface area is 67.3 Å². The van der Waals surface area contributed by atoms with E-state index in [9.17, 15) is 0 Å². The highest BCUT2D eigenvalue weighted by atomic mass is 16.5. The first-order valence-corrected chi connectivity index (χ1v) is 4.16. The predicted octanol–water partition coefficient (Wildman–Crippen LogP) is 0.563. The third-order valence-electron chi connectivity index (χ3n) is 1.69. The summed E-state index contributed by atoms with van der Waals surface area (Å²) in [6.45, 7) is 3.63. The summed E-state index contributed by atoms with van der Waals surface area (Å²) in [5.74, 6) is 0. The Morgan fingerprint density at radius 1 is 1.73 bits per heavy atom. The van der Waals surface area contributed by atoms with Crippen LogP contribution in [-0.4, -0.2) is 37.1 Å². The van der Waals surface area contributed by atoms with Crippen molar-refractivity contribution in [3.8, 4) is 0 Å². The maximum Gasteiger partial charge on any atom is 0.0809 e. The quantitative estimate of drug-likeness (QED) is 0.653. The van der Waals surface area contributed by atoms with Crippen molar-refractivity contribution in [2.24, 2.45) is 0 Å². The van der Waals surface area contributed by atoms with Crippen LogP contribution in [0.5, 0.6) is 0 Å². The van der Waals surface area contributed by atoms with Crippen LogP contribution in [0.15, 0.2) is 0 Å². The van der Waals surface area contributed by atoms with Gasteiger partial charge in [0.2, 0.25) is 0 Å². The molecule has 0 bridgehead atoms. The van der Waals surface area contributed by atoms with E-state index in [1.54, 1.807) is 6.92 Å². The van der Waals surface area contributed by atoms with Crippen molar-refractivity contribution < 1.29 is 14.6 Å². The Kier molecular flexibility index (Phi) is 3.83. The highest BCUT2D eigenvalue weighted by Gasteiger charge is 2.15. The molecule has 1 heterocycles. The monoisotopic (exact) mass is 160 g/mol. The van der Waals surface area contributed by atoms with Crippen molar-refractivity contribution in [3.63, 3.8) is 0 Å². The molecule has 0 aromatic carbocycles. The first-order chi connectivity index (χ1) is 5.29. The second-order valence-corrected chi connectivity index (χ2v) is 3.02. The van der Waals surface area contributed by atoms with Gasteiger partial charge < -0.3 is 14.6 Å². The Bertz CT molecular complexity index is 97.5. The van der Waals surface area contributed by atoms with Gasteiger partial charge in [-0.3, -0.25) is 0 Å². The molecule has 2 atom stereocenters. The minimum atomic E-state index is -0.364. The lowest BCUT2D eigenvalue weighted by Crippen LogP contribution is -2.18. The Hall–Kier alpha value is -0.120. The van der Waals surface area contributed by atoms with Gasteiger partial charge in [-0.25, -0.2) is 0 Å². The molecule has 11 heavy (non-hydrogen) atoms. The molecule has 1 fully saturated rings. The highest BCUT2D eigenvalue weighted by Crippen LogP contribution is 2.11. The van der Waals surface area contributed by atoms with Gasteiger partial charge in [0, 0.05) is 6.61 Å². The van der Waals surface area contributed by atoms with E-state index in [0.717, 1.165) is 19.4 Å². The highest BCUT2D eigenvalue weighted by molar-refractivity contribution is 4.63. The zero-order valence-electron chi connectivity index (χ0n) is 6.95. The number of ether oxygens (including phenoxy) is 2. The van der Waals surface area contributed by atoms with E-state index in [1.165, 1.54) is 0 Å². The van der Waals surface area contributed by atoms with Gasteiger partial charge in [0.25, 0.3) is 0 Å². The molecule has 0 saturated carbocycles. The minimum Gasteiger partial charge on any atom is -0.391 e. The lowest BCUT2D eigenvalue weighted by Gasteiger charge is -2.10. The molecule has 0 aliphatic carbocycles. The van der Waals surface area contributed by atoms with E-state index >= 15 is 0 Å². The average Bonchev–Trinajstić information content (AvgIpc) is 2.39. The number of aliphatic hydroxyl groups is 1. The second kappa shape index (κ2) is 4.70. The molecule has 1 aliphatic rings. The summed E-state index contributed by atoms with van der Waals surface area (Å²) in [6, 6.07) is 0. The summed E-state index contributed by atoms with van der Waals surface area (Å²) in [5.41, 5.74) is 0. The van der Waals surface area contributed by atoms with Crippen LogP contribution in [0.1, 0.15) is 19.8 Å². The normalized spacial score (nSPS) is 27.3. The van der Waals surface area contributed by atoms with E-state index in [-0.39, 0.29) is 12.2 Å². The molecular weight excluding hydrogens is 144 g/mol. The lowest BCUT2D eigenvalue weighted by molar-refractivity contribution is -0.0124. The number of rotatable bonds is 4. The molecule has 3 heteroatoms. The fourth-order valence-electron chi connectivity index (χ4n) is 1.15. The van der Waals surface area contributed by atoms with Crippen LogP contribution in [-0.2, 0) is 9.47 Å². The fourth-order valence-corrected chi connectivity index (χ4v) is 1.15. The van der Waals surface area contributed by atoms with Crippen molar-refractivity contribution in [3.05, 3.63) is 0 Å². The zero-order chi connectivity index (χ0) is 8.10. The molecule has 1 rings (SSSR count). The molecule has 66 valence electrons. The van der Waals surface area contributed by atoms with Gasteiger partial charge in [-0.2, -0.15) is 0 Å². The molecule has 0 unspecified atom stereocenters. The Balaban J connectivity index is 1.94. The molecule has 0 amide bonds. The fraction of sp³-hybridized carbons (Fsp3) is 1.00. The minimum absolute atomic E-state index is 0.272. The van der Waals surface area contributed by atoms with Gasteiger partial charge in [0.1, 0.15) is 0 Å². The van der Waals surface area contributed by atoms with Crippen LogP contribution in [0.2, 0.25) is 0 Å². The molecule has 0 radical (unpaired) electrons. The van der Waals surface area contributed by atoms with Gasteiger partial charge in [0.15, 0.2) is 0 Å².